The average Bonchev–Trinajstić information content (AvgIpc) is 2.49. The number of carbonyl (C=O) groups is 1. The third kappa shape index (κ3) is 5.11. The maximum atomic E-state index is 11.6. The molecule has 96 valence electrons. The lowest BCUT2D eigenvalue weighted by molar-refractivity contribution is -0.123. The van der Waals surface area contributed by atoms with Gasteiger partial charge in [-0.15, -0.1) is 0 Å². The standard InChI is InChI=1S/C12H23NO.C2H6/c1-10(2)12(11(3)14)13-8-6-4-5-7-9-13;1-2/h10,12H,4-9H2,1-3H3;1-2H3. The highest BCUT2D eigenvalue weighted by atomic mass is 16.1. The molecule has 1 fully saturated rings. The summed E-state index contributed by atoms with van der Waals surface area (Å²) >= 11 is 0. The molecule has 0 spiro atoms. The van der Waals surface area contributed by atoms with Crippen molar-refractivity contribution in [1.82, 2.24) is 4.90 Å². The first-order chi connectivity index (χ1) is 7.63. The van der Waals surface area contributed by atoms with Gasteiger partial charge >= 0.3 is 0 Å². The molecule has 1 atom stereocenters. The van der Waals surface area contributed by atoms with Crippen LogP contribution in [0.4, 0.5) is 0 Å². The number of Topliss-reactive ketones (excluding diaryl/α,β-unsaturated/α-hetero) is 1. The molecule has 1 heterocycles. The van der Waals surface area contributed by atoms with Crippen molar-refractivity contribution in [3.05, 3.63) is 0 Å². The Hall–Kier alpha value is -0.370. The van der Waals surface area contributed by atoms with Gasteiger partial charge in [-0.2, -0.15) is 0 Å². The smallest absolute Gasteiger partial charge is 0.147 e. The fourth-order valence-electron chi connectivity index (χ4n) is 2.52. The van der Waals surface area contributed by atoms with Gasteiger partial charge in [0.25, 0.3) is 0 Å². The Labute approximate surface area is 101 Å². The number of ketones is 1. The first-order valence-electron chi connectivity index (χ1n) is 6.87. The van der Waals surface area contributed by atoms with E-state index >= 15 is 0 Å². The summed E-state index contributed by atoms with van der Waals surface area (Å²) in [5, 5.41) is 0. The molecule has 2 nitrogen and oxygen atoms in total. The van der Waals surface area contributed by atoms with Crippen LogP contribution in [-0.4, -0.2) is 29.8 Å². The normalized spacial score (nSPS) is 19.6. The van der Waals surface area contributed by atoms with E-state index in [2.05, 4.69) is 18.7 Å². The van der Waals surface area contributed by atoms with Crippen LogP contribution in [0.1, 0.15) is 60.3 Å². The third-order valence-corrected chi connectivity index (χ3v) is 3.08. The van der Waals surface area contributed by atoms with Crippen LogP contribution in [0.5, 0.6) is 0 Å². The summed E-state index contributed by atoms with van der Waals surface area (Å²) in [5.41, 5.74) is 0. The molecule has 0 aromatic rings. The van der Waals surface area contributed by atoms with Crippen molar-refractivity contribution in [1.29, 1.82) is 0 Å². The first kappa shape index (κ1) is 15.6. The minimum atomic E-state index is 0.160. The van der Waals surface area contributed by atoms with Crippen molar-refractivity contribution < 1.29 is 4.79 Å². The number of carbonyl (C=O) groups excluding carboxylic acids is 1. The number of hydrogen-bond donors (Lipinski definition) is 0. The van der Waals surface area contributed by atoms with Crippen LogP contribution in [0, 0.1) is 5.92 Å². The summed E-state index contributed by atoms with van der Waals surface area (Å²) in [6, 6.07) is 0.160. The molecular weight excluding hydrogens is 198 g/mol. The van der Waals surface area contributed by atoms with Gasteiger partial charge in [-0.05, 0) is 38.8 Å². The Kier molecular flexibility index (Phi) is 8.54. The molecule has 0 N–H and O–H groups in total. The van der Waals surface area contributed by atoms with Gasteiger partial charge in [0, 0.05) is 0 Å². The highest BCUT2D eigenvalue weighted by Gasteiger charge is 2.26. The van der Waals surface area contributed by atoms with E-state index in [4.69, 9.17) is 0 Å². The Morgan fingerprint density at radius 2 is 1.44 bits per heavy atom. The number of rotatable bonds is 3. The molecular formula is C14H29NO. The summed E-state index contributed by atoms with van der Waals surface area (Å²) in [6.07, 6.45) is 5.19. The van der Waals surface area contributed by atoms with Crippen molar-refractivity contribution in [2.45, 2.75) is 66.3 Å². The minimum Gasteiger partial charge on any atom is -0.298 e. The van der Waals surface area contributed by atoms with Crippen LogP contribution in [0.15, 0.2) is 0 Å². The molecule has 1 saturated heterocycles. The van der Waals surface area contributed by atoms with E-state index < -0.39 is 0 Å². The molecule has 2 heteroatoms. The van der Waals surface area contributed by atoms with Crippen molar-refractivity contribution in [3.8, 4) is 0 Å². The van der Waals surface area contributed by atoms with Crippen LogP contribution < -0.4 is 0 Å². The molecule has 0 aliphatic carbocycles. The predicted molar refractivity (Wildman–Crippen MR) is 70.7 cm³/mol. The fourth-order valence-corrected chi connectivity index (χ4v) is 2.52. The number of likely N-dealkylation sites (tertiary alicyclic amines) is 1. The maximum absolute atomic E-state index is 11.6. The maximum Gasteiger partial charge on any atom is 0.147 e. The highest BCUT2D eigenvalue weighted by molar-refractivity contribution is 5.81. The Balaban J connectivity index is 0.00000106. The Morgan fingerprint density at radius 3 is 1.75 bits per heavy atom. The van der Waals surface area contributed by atoms with E-state index in [1.165, 1.54) is 25.7 Å². The predicted octanol–water partition coefficient (Wildman–Crippen LogP) is 3.50. The Bertz CT molecular complexity index is 181. The molecule has 0 aromatic carbocycles. The van der Waals surface area contributed by atoms with E-state index in [0.717, 1.165) is 13.1 Å². The van der Waals surface area contributed by atoms with Gasteiger partial charge in [-0.3, -0.25) is 9.69 Å². The number of nitrogens with zero attached hydrogens (tertiary/aromatic N) is 1. The molecule has 0 radical (unpaired) electrons. The molecule has 1 aliphatic heterocycles. The molecule has 1 aliphatic rings. The lowest BCUT2D eigenvalue weighted by Crippen LogP contribution is -2.44. The molecule has 0 amide bonds. The second kappa shape index (κ2) is 8.74. The van der Waals surface area contributed by atoms with Crippen LogP contribution in [0.3, 0.4) is 0 Å². The van der Waals surface area contributed by atoms with Crippen LogP contribution in [0.2, 0.25) is 0 Å². The summed E-state index contributed by atoms with van der Waals surface area (Å²) in [5.74, 6) is 0.785. The molecule has 16 heavy (non-hydrogen) atoms. The third-order valence-electron chi connectivity index (χ3n) is 3.08. The van der Waals surface area contributed by atoms with E-state index in [-0.39, 0.29) is 6.04 Å². The summed E-state index contributed by atoms with van der Waals surface area (Å²) < 4.78 is 0. The zero-order valence-corrected chi connectivity index (χ0v) is 11.8. The van der Waals surface area contributed by atoms with Crippen LogP contribution in [-0.2, 0) is 4.79 Å². The summed E-state index contributed by atoms with van der Waals surface area (Å²) in [4.78, 5) is 13.9. The van der Waals surface area contributed by atoms with Crippen LogP contribution >= 0.6 is 0 Å². The zero-order valence-electron chi connectivity index (χ0n) is 11.8. The van der Waals surface area contributed by atoms with Crippen molar-refractivity contribution in [2.75, 3.05) is 13.1 Å². The summed E-state index contributed by atoms with van der Waals surface area (Å²) in [7, 11) is 0. The SMILES string of the molecule is CC.CC(=O)C(C(C)C)N1CCCCCC1. The van der Waals surface area contributed by atoms with Gasteiger partial charge < -0.3 is 0 Å². The van der Waals surface area contributed by atoms with Gasteiger partial charge in [-0.1, -0.05) is 40.5 Å². The topological polar surface area (TPSA) is 20.3 Å². The monoisotopic (exact) mass is 227 g/mol. The second-order valence-electron chi connectivity index (χ2n) is 4.75. The molecule has 1 unspecified atom stereocenters. The largest absolute Gasteiger partial charge is 0.298 e. The van der Waals surface area contributed by atoms with Gasteiger partial charge in [0.1, 0.15) is 5.78 Å². The summed E-state index contributed by atoms with van der Waals surface area (Å²) in [6.45, 7) is 12.3. The molecule has 0 bridgehead atoms. The fraction of sp³-hybridized carbons (Fsp3) is 0.929. The first-order valence-corrected chi connectivity index (χ1v) is 6.87. The second-order valence-corrected chi connectivity index (χ2v) is 4.75. The van der Waals surface area contributed by atoms with Crippen molar-refractivity contribution in [2.24, 2.45) is 5.92 Å². The van der Waals surface area contributed by atoms with E-state index in [1.54, 1.807) is 6.92 Å². The molecule has 0 saturated carbocycles. The van der Waals surface area contributed by atoms with Crippen LogP contribution in [0.25, 0.3) is 0 Å². The van der Waals surface area contributed by atoms with Gasteiger partial charge in [0.2, 0.25) is 0 Å². The zero-order chi connectivity index (χ0) is 12.6. The van der Waals surface area contributed by atoms with E-state index in [0.29, 0.717) is 11.7 Å². The van der Waals surface area contributed by atoms with Gasteiger partial charge in [-0.25, -0.2) is 0 Å². The van der Waals surface area contributed by atoms with E-state index in [9.17, 15) is 4.79 Å². The molecule has 0 aromatic heterocycles. The van der Waals surface area contributed by atoms with Gasteiger partial charge in [0.15, 0.2) is 0 Å². The van der Waals surface area contributed by atoms with Gasteiger partial charge in [0.05, 0.1) is 6.04 Å². The highest BCUT2D eigenvalue weighted by Crippen LogP contribution is 2.17. The lowest BCUT2D eigenvalue weighted by Gasteiger charge is -2.31. The quantitative estimate of drug-likeness (QED) is 0.735. The minimum absolute atomic E-state index is 0.160. The van der Waals surface area contributed by atoms with Crippen molar-refractivity contribution >= 4 is 5.78 Å². The average molecular weight is 227 g/mol. The van der Waals surface area contributed by atoms with Crippen molar-refractivity contribution in [3.63, 3.8) is 0 Å². The van der Waals surface area contributed by atoms with E-state index in [1.807, 2.05) is 13.8 Å². The molecule has 1 rings (SSSR count). The number of hydrogen-bond acceptors (Lipinski definition) is 2. The lowest BCUT2D eigenvalue weighted by atomic mass is 9.98. The Morgan fingerprint density at radius 1 is 1.00 bits per heavy atom.